The van der Waals surface area contributed by atoms with Crippen LogP contribution < -0.4 is 15.5 Å². The Hall–Kier alpha value is -1.95. The lowest BCUT2D eigenvalue weighted by atomic mass is 10.2. The highest BCUT2D eigenvalue weighted by Crippen LogP contribution is 2.27. The van der Waals surface area contributed by atoms with Gasteiger partial charge in [0, 0.05) is 18.8 Å². The summed E-state index contributed by atoms with van der Waals surface area (Å²) < 4.78 is 5.40. The van der Waals surface area contributed by atoms with E-state index in [1.165, 1.54) is 0 Å². The van der Waals surface area contributed by atoms with Crippen LogP contribution in [0.1, 0.15) is 0 Å². The summed E-state index contributed by atoms with van der Waals surface area (Å²) in [6.45, 7) is 3.27. The number of nitrogens with one attached hydrogen (secondary N) is 2. The van der Waals surface area contributed by atoms with E-state index in [9.17, 15) is 4.79 Å². The predicted octanol–water partition coefficient (Wildman–Crippen LogP) is 3.88. The first kappa shape index (κ1) is 17.9. The number of hydrogen-bond acceptors (Lipinski definition) is 4. The molecule has 2 N–H and O–H groups in total. The first-order valence-electron chi connectivity index (χ1n) is 8.04. The molecule has 2 aromatic rings. The van der Waals surface area contributed by atoms with Gasteiger partial charge in [0.15, 0.2) is 0 Å². The van der Waals surface area contributed by atoms with Crippen molar-refractivity contribution >= 4 is 46.2 Å². The molecule has 0 saturated carbocycles. The highest BCUT2D eigenvalue weighted by molar-refractivity contribution is 6.42. The van der Waals surface area contributed by atoms with Crippen molar-refractivity contribution < 1.29 is 9.53 Å². The van der Waals surface area contributed by atoms with E-state index in [1.807, 2.05) is 24.3 Å². The topological polar surface area (TPSA) is 53.6 Å². The number of amides is 1. The van der Waals surface area contributed by atoms with Gasteiger partial charge in [-0.15, -0.1) is 0 Å². The summed E-state index contributed by atoms with van der Waals surface area (Å²) in [5, 5.41) is 6.87. The van der Waals surface area contributed by atoms with Crippen LogP contribution in [0.5, 0.6) is 0 Å². The third-order valence-electron chi connectivity index (χ3n) is 3.90. The summed E-state index contributed by atoms with van der Waals surface area (Å²) in [4.78, 5) is 14.4. The van der Waals surface area contributed by atoms with E-state index >= 15 is 0 Å². The fourth-order valence-corrected chi connectivity index (χ4v) is 2.96. The molecule has 0 radical (unpaired) electrons. The Bertz CT molecular complexity index is 749. The minimum absolute atomic E-state index is 0.154. The Kier molecular flexibility index (Phi) is 6.02. The molecule has 0 atom stereocenters. The van der Waals surface area contributed by atoms with Crippen LogP contribution in [0, 0.1) is 0 Å². The molecule has 1 amide bonds. The molecular weight excluding hydrogens is 361 g/mol. The summed E-state index contributed by atoms with van der Waals surface area (Å²) in [6, 6.07) is 13.0. The number of benzene rings is 2. The average Bonchev–Trinajstić information content (AvgIpc) is 2.64. The third-order valence-corrected chi connectivity index (χ3v) is 4.64. The molecule has 7 heteroatoms. The van der Waals surface area contributed by atoms with Gasteiger partial charge in [0.05, 0.1) is 41.2 Å². The number of para-hydroxylation sites is 2. The molecule has 0 bridgehead atoms. The van der Waals surface area contributed by atoms with E-state index in [4.69, 9.17) is 27.9 Å². The maximum atomic E-state index is 12.2. The zero-order chi connectivity index (χ0) is 17.6. The van der Waals surface area contributed by atoms with E-state index in [2.05, 4.69) is 15.5 Å². The van der Waals surface area contributed by atoms with E-state index < -0.39 is 0 Å². The molecule has 0 aliphatic carbocycles. The molecule has 1 aliphatic rings. The van der Waals surface area contributed by atoms with Crippen molar-refractivity contribution in [2.24, 2.45) is 0 Å². The summed E-state index contributed by atoms with van der Waals surface area (Å²) in [7, 11) is 0. The Morgan fingerprint density at radius 3 is 2.60 bits per heavy atom. The molecule has 5 nitrogen and oxygen atoms in total. The monoisotopic (exact) mass is 379 g/mol. The van der Waals surface area contributed by atoms with Crippen molar-refractivity contribution in [2.45, 2.75) is 0 Å². The number of anilines is 3. The average molecular weight is 380 g/mol. The zero-order valence-corrected chi connectivity index (χ0v) is 15.1. The molecule has 1 aliphatic heterocycles. The lowest BCUT2D eigenvalue weighted by Gasteiger charge is -2.30. The van der Waals surface area contributed by atoms with Gasteiger partial charge in [-0.1, -0.05) is 35.3 Å². The van der Waals surface area contributed by atoms with E-state index in [-0.39, 0.29) is 12.5 Å². The Morgan fingerprint density at radius 1 is 1.08 bits per heavy atom. The number of hydrogen-bond donors (Lipinski definition) is 2. The molecule has 3 rings (SSSR count). The second-order valence-electron chi connectivity index (χ2n) is 5.65. The summed E-state index contributed by atoms with van der Waals surface area (Å²) in [5.74, 6) is -0.157. The standard InChI is InChI=1S/C18H19Cl2N3O2/c19-14-6-5-13(11-15(14)20)22-18(24)12-21-16-3-1-2-4-17(16)23-7-9-25-10-8-23/h1-6,11,21H,7-10,12H2,(H,22,24). The molecular formula is C18H19Cl2N3O2. The molecule has 25 heavy (non-hydrogen) atoms. The molecule has 2 aromatic carbocycles. The van der Waals surface area contributed by atoms with Crippen LogP contribution in [0.15, 0.2) is 42.5 Å². The first-order valence-corrected chi connectivity index (χ1v) is 8.79. The van der Waals surface area contributed by atoms with Crippen molar-refractivity contribution in [3.63, 3.8) is 0 Å². The van der Waals surface area contributed by atoms with Crippen molar-refractivity contribution in [3.05, 3.63) is 52.5 Å². The molecule has 132 valence electrons. The van der Waals surface area contributed by atoms with Gasteiger partial charge in [-0.05, 0) is 30.3 Å². The zero-order valence-electron chi connectivity index (χ0n) is 13.6. The van der Waals surface area contributed by atoms with Gasteiger partial charge in [0.25, 0.3) is 0 Å². The van der Waals surface area contributed by atoms with E-state index in [0.29, 0.717) is 28.9 Å². The second-order valence-corrected chi connectivity index (χ2v) is 6.46. The van der Waals surface area contributed by atoms with Crippen LogP contribution in [0.25, 0.3) is 0 Å². The summed E-state index contributed by atoms with van der Waals surface area (Å²) in [6.07, 6.45) is 0. The van der Waals surface area contributed by atoms with E-state index in [1.54, 1.807) is 18.2 Å². The summed E-state index contributed by atoms with van der Waals surface area (Å²) >= 11 is 11.8. The largest absolute Gasteiger partial charge is 0.378 e. The number of carbonyl (C=O) groups excluding carboxylic acids is 1. The van der Waals surface area contributed by atoms with Gasteiger partial charge < -0.3 is 20.3 Å². The number of halogens is 2. The normalized spacial score (nSPS) is 14.2. The maximum Gasteiger partial charge on any atom is 0.243 e. The lowest BCUT2D eigenvalue weighted by molar-refractivity contribution is -0.114. The van der Waals surface area contributed by atoms with Gasteiger partial charge in [0.2, 0.25) is 5.91 Å². The van der Waals surface area contributed by atoms with Gasteiger partial charge in [-0.25, -0.2) is 0 Å². The smallest absolute Gasteiger partial charge is 0.243 e. The lowest BCUT2D eigenvalue weighted by Crippen LogP contribution is -2.36. The van der Waals surface area contributed by atoms with E-state index in [0.717, 1.165) is 24.5 Å². The number of carbonyl (C=O) groups is 1. The Morgan fingerprint density at radius 2 is 1.84 bits per heavy atom. The molecule has 0 spiro atoms. The molecule has 1 saturated heterocycles. The quantitative estimate of drug-likeness (QED) is 0.827. The van der Waals surface area contributed by atoms with Crippen LogP contribution in [0.2, 0.25) is 10.0 Å². The highest BCUT2D eigenvalue weighted by Gasteiger charge is 2.14. The van der Waals surface area contributed by atoms with Crippen LogP contribution in [0.3, 0.4) is 0 Å². The third kappa shape index (κ3) is 4.78. The van der Waals surface area contributed by atoms with Gasteiger partial charge in [0.1, 0.15) is 0 Å². The second kappa shape index (κ2) is 8.43. The molecule has 0 aromatic heterocycles. The van der Waals surface area contributed by atoms with Crippen molar-refractivity contribution in [1.82, 2.24) is 0 Å². The van der Waals surface area contributed by atoms with Crippen molar-refractivity contribution in [1.29, 1.82) is 0 Å². The Balaban J connectivity index is 1.61. The summed E-state index contributed by atoms with van der Waals surface area (Å²) in [5.41, 5.74) is 2.62. The fourth-order valence-electron chi connectivity index (χ4n) is 2.66. The minimum atomic E-state index is -0.157. The van der Waals surface area contributed by atoms with Crippen molar-refractivity contribution in [3.8, 4) is 0 Å². The van der Waals surface area contributed by atoms with Crippen LogP contribution in [-0.4, -0.2) is 38.8 Å². The number of ether oxygens (including phenoxy) is 1. The fraction of sp³-hybridized carbons (Fsp3) is 0.278. The Labute approximate surface area is 156 Å². The number of rotatable bonds is 5. The SMILES string of the molecule is O=C(CNc1ccccc1N1CCOCC1)Nc1ccc(Cl)c(Cl)c1. The molecule has 0 unspecified atom stereocenters. The molecule has 1 heterocycles. The predicted molar refractivity (Wildman–Crippen MR) is 103 cm³/mol. The van der Waals surface area contributed by atoms with Crippen LogP contribution in [0.4, 0.5) is 17.1 Å². The first-order chi connectivity index (χ1) is 12.1. The van der Waals surface area contributed by atoms with Gasteiger partial charge in [-0.3, -0.25) is 4.79 Å². The maximum absolute atomic E-state index is 12.2. The molecule has 1 fully saturated rings. The van der Waals surface area contributed by atoms with Crippen LogP contribution >= 0.6 is 23.2 Å². The van der Waals surface area contributed by atoms with Crippen molar-refractivity contribution in [2.75, 3.05) is 48.4 Å². The highest BCUT2D eigenvalue weighted by atomic mass is 35.5. The van der Waals surface area contributed by atoms with Gasteiger partial charge >= 0.3 is 0 Å². The van der Waals surface area contributed by atoms with Gasteiger partial charge in [-0.2, -0.15) is 0 Å². The number of morpholine rings is 1. The van der Waals surface area contributed by atoms with Crippen LogP contribution in [-0.2, 0) is 9.53 Å². The number of nitrogens with zero attached hydrogens (tertiary/aromatic N) is 1. The minimum Gasteiger partial charge on any atom is -0.378 e.